The average Bonchev–Trinajstić information content (AvgIpc) is 3.03. The van der Waals surface area contributed by atoms with E-state index in [0.29, 0.717) is 32.8 Å². The van der Waals surface area contributed by atoms with E-state index in [1.54, 1.807) is 7.11 Å². The molecule has 0 aliphatic heterocycles. The first-order valence-electron chi connectivity index (χ1n) is 14.1. The topological polar surface area (TPSA) is 66.4 Å². The Balaban J connectivity index is 1.38. The fraction of sp³-hybridized carbons (Fsp3) is 0.314. The van der Waals surface area contributed by atoms with Gasteiger partial charge in [0.25, 0.3) is 0 Å². The molecule has 1 fully saturated rings. The highest BCUT2D eigenvalue weighted by atomic mass is 16.6. The van der Waals surface area contributed by atoms with Crippen LogP contribution in [0.4, 0.5) is 0 Å². The molecule has 0 bridgehead atoms. The number of aliphatic hydroxyl groups excluding tert-OH is 1. The Morgan fingerprint density at radius 3 is 1.41 bits per heavy atom. The first-order valence-corrected chi connectivity index (χ1v) is 14.1. The van der Waals surface area contributed by atoms with Crippen molar-refractivity contribution >= 4 is 0 Å². The van der Waals surface area contributed by atoms with Crippen LogP contribution < -0.4 is 4.74 Å². The number of hydrogen-bond acceptors (Lipinski definition) is 6. The molecule has 0 radical (unpaired) electrons. The lowest BCUT2D eigenvalue weighted by Crippen LogP contribution is -2.59. The maximum atomic E-state index is 11.4. The predicted molar refractivity (Wildman–Crippen MR) is 157 cm³/mol. The third-order valence-electron chi connectivity index (χ3n) is 7.35. The SMILES string of the molecule is COc1ccc(COC2[C@H](O)C[C@H](OCc3ccccc3)[C@H](OCc3ccccc3)[C@@H]2OCc2ccccc2)cc1. The maximum Gasteiger partial charge on any atom is 0.118 e. The van der Waals surface area contributed by atoms with E-state index < -0.39 is 30.5 Å². The third kappa shape index (κ3) is 8.26. The summed E-state index contributed by atoms with van der Waals surface area (Å²) in [6.07, 6.45) is -2.47. The molecule has 6 nitrogen and oxygen atoms in total. The van der Waals surface area contributed by atoms with E-state index in [1.165, 1.54) is 0 Å². The Labute approximate surface area is 242 Å². The zero-order valence-electron chi connectivity index (χ0n) is 23.4. The molecule has 1 unspecified atom stereocenters. The average molecular weight is 555 g/mol. The second-order valence-electron chi connectivity index (χ2n) is 10.3. The van der Waals surface area contributed by atoms with Gasteiger partial charge in [0, 0.05) is 6.42 Å². The molecule has 0 aromatic heterocycles. The summed E-state index contributed by atoms with van der Waals surface area (Å²) in [7, 11) is 1.64. The molecule has 0 amide bonds. The molecule has 0 saturated heterocycles. The molecular formula is C35H38O6. The summed E-state index contributed by atoms with van der Waals surface area (Å²) in [5.74, 6) is 0.781. The van der Waals surface area contributed by atoms with Gasteiger partial charge in [-0.3, -0.25) is 0 Å². The smallest absolute Gasteiger partial charge is 0.118 e. The second-order valence-corrected chi connectivity index (χ2v) is 10.3. The summed E-state index contributed by atoms with van der Waals surface area (Å²) in [5.41, 5.74) is 4.12. The minimum Gasteiger partial charge on any atom is -0.497 e. The molecule has 1 aliphatic carbocycles. The molecule has 1 saturated carbocycles. The molecule has 5 atom stereocenters. The van der Waals surface area contributed by atoms with Gasteiger partial charge in [0.15, 0.2) is 0 Å². The van der Waals surface area contributed by atoms with Crippen LogP contribution in [0.15, 0.2) is 115 Å². The fourth-order valence-electron chi connectivity index (χ4n) is 5.11. The zero-order valence-corrected chi connectivity index (χ0v) is 23.4. The van der Waals surface area contributed by atoms with Crippen molar-refractivity contribution in [2.24, 2.45) is 0 Å². The number of hydrogen-bond donors (Lipinski definition) is 1. The Bertz CT molecular complexity index is 1280. The second kappa shape index (κ2) is 14.9. The van der Waals surface area contributed by atoms with Crippen molar-refractivity contribution in [1.29, 1.82) is 0 Å². The molecule has 0 heterocycles. The standard InChI is InChI=1S/C35H38O6/c1-37-30-19-17-29(18-20-30)25-39-33-31(36)21-32(38-22-26-11-5-2-6-12-26)34(40-23-27-13-7-3-8-14-27)35(33)41-24-28-15-9-4-10-16-28/h2-20,31-36H,21-25H2,1H3/t31-,32+,33?,34+,35-/m1/s1. The van der Waals surface area contributed by atoms with Crippen LogP contribution in [0.1, 0.15) is 28.7 Å². The van der Waals surface area contributed by atoms with Crippen LogP contribution in [0.5, 0.6) is 5.75 Å². The molecular weight excluding hydrogens is 516 g/mol. The molecule has 214 valence electrons. The lowest BCUT2D eigenvalue weighted by Gasteiger charge is -2.44. The molecule has 41 heavy (non-hydrogen) atoms. The zero-order chi connectivity index (χ0) is 28.3. The predicted octanol–water partition coefficient (Wildman–Crippen LogP) is 6.10. The third-order valence-corrected chi connectivity index (χ3v) is 7.35. The van der Waals surface area contributed by atoms with Gasteiger partial charge in [-0.2, -0.15) is 0 Å². The normalized spacial score (nSPS) is 22.3. The Morgan fingerprint density at radius 1 is 0.512 bits per heavy atom. The van der Waals surface area contributed by atoms with Crippen molar-refractivity contribution < 1.29 is 28.8 Å². The summed E-state index contributed by atoms with van der Waals surface area (Å²) in [5, 5.41) is 11.4. The summed E-state index contributed by atoms with van der Waals surface area (Å²) in [4.78, 5) is 0. The van der Waals surface area contributed by atoms with Gasteiger partial charge in [-0.15, -0.1) is 0 Å². The van der Waals surface area contributed by atoms with Gasteiger partial charge < -0.3 is 28.8 Å². The van der Waals surface area contributed by atoms with Crippen LogP contribution in [0.25, 0.3) is 0 Å². The van der Waals surface area contributed by atoms with E-state index in [-0.39, 0.29) is 0 Å². The van der Waals surface area contributed by atoms with Crippen molar-refractivity contribution in [3.05, 3.63) is 138 Å². The Hall–Kier alpha value is -3.52. The summed E-state index contributed by atoms with van der Waals surface area (Å²) < 4.78 is 31.2. The van der Waals surface area contributed by atoms with Crippen LogP contribution in [-0.4, -0.2) is 42.7 Å². The highest BCUT2D eigenvalue weighted by Crippen LogP contribution is 2.32. The number of methoxy groups -OCH3 is 1. The van der Waals surface area contributed by atoms with E-state index in [1.807, 2.05) is 115 Å². The largest absolute Gasteiger partial charge is 0.497 e. The highest BCUT2D eigenvalue weighted by molar-refractivity contribution is 5.26. The van der Waals surface area contributed by atoms with Crippen LogP contribution >= 0.6 is 0 Å². The van der Waals surface area contributed by atoms with Crippen molar-refractivity contribution in [3.63, 3.8) is 0 Å². The van der Waals surface area contributed by atoms with E-state index in [2.05, 4.69) is 0 Å². The van der Waals surface area contributed by atoms with Crippen LogP contribution in [0.3, 0.4) is 0 Å². The van der Waals surface area contributed by atoms with Crippen molar-refractivity contribution in [2.45, 2.75) is 63.4 Å². The maximum absolute atomic E-state index is 11.4. The quantitative estimate of drug-likeness (QED) is 0.215. The summed E-state index contributed by atoms with van der Waals surface area (Å²) >= 11 is 0. The van der Waals surface area contributed by atoms with Gasteiger partial charge in [0.05, 0.1) is 45.7 Å². The molecule has 4 aromatic rings. The lowest BCUT2D eigenvalue weighted by atomic mass is 9.86. The minimum atomic E-state index is -0.800. The van der Waals surface area contributed by atoms with E-state index >= 15 is 0 Å². The van der Waals surface area contributed by atoms with Gasteiger partial charge in [-0.1, -0.05) is 103 Å². The molecule has 1 N–H and O–H groups in total. The fourth-order valence-corrected chi connectivity index (χ4v) is 5.11. The number of aliphatic hydroxyl groups is 1. The highest BCUT2D eigenvalue weighted by Gasteiger charge is 2.47. The van der Waals surface area contributed by atoms with Crippen LogP contribution in [-0.2, 0) is 45.4 Å². The van der Waals surface area contributed by atoms with E-state index in [9.17, 15) is 5.11 Å². The van der Waals surface area contributed by atoms with Crippen molar-refractivity contribution in [2.75, 3.05) is 7.11 Å². The molecule has 0 spiro atoms. The summed E-state index contributed by atoms with van der Waals surface area (Å²) in [6.45, 7) is 1.48. The monoisotopic (exact) mass is 554 g/mol. The number of benzene rings is 4. The first kappa shape index (κ1) is 29.0. The summed E-state index contributed by atoms with van der Waals surface area (Å²) in [6, 6.07) is 37.8. The minimum absolute atomic E-state index is 0.317. The first-order chi connectivity index (χ1) is 20.2. The van der Waals surface area contributed by atoms with Gasteiger partial charge in [0.2, 0.25) is 0 Å². The van der Waals surface area contributed by atoms with Crippen molar-refractivity contribution in [3.8, 4) is 5.75 Å². The van der Waals surface area contributed by atoms with E-state index in [0.717, 1.165) is 28.0 Å². The molecule has 6 heteroatoms. The van der Waals surface area contributed by atoms with Gasteiger partial charge in [0.1, 0.15) is 24.1 Å². The lowest BCUT2D eigenvalue weighted by molar-refractivity contribution is -0.240. The van der Waals surface area contributed by atoms with Gasteiger partial charge >= 0.3 is 0 Å². The molecule has 5 rings (SSSR count). The number of rotatable bonds is 13. The van der Waals surface area contributed by atoms with Crippen LogP contribution in [0, 0.1) is 0 Å². The van der Waals surface area contributed by atoms with Gasteiger partial charge in [-0.05, 0) is 34.4 Å². The van der Waals surface area contributed by atoms with Gasteiger partial charge in [-0.25, -0.2) is 0 Å². The molecule has 4 aromatic carbocycles. The van der Waals surface area contributed by atoms with Crippen LogP contribution in [0.2, 0.25) is 0 Å². The molecule has 1 aliphatic rings. The Kier molecular flexibility index (Phi) is 10.5. The van der Waals surface area contributed by atoms with E-state index in [4.69, 9.17) is 23.7 Å². The van der Waals surface area contributed by atoms with Crippen molar-refractivity contribution in [1.82, 2.24) is 0 Å². The number of ether oxygens (including phenoxy) is 5. The Morgan fingerprint density at radius 2 is 0.927 bits per heavy atom.